The van der Waals surface area contributed by atoms with Crippen molar-refractivity contribution in [1.82, 2.24) is 15.0 Å². The Morgan fingerprint density at radius 2 is 1.83 bits per heavy atom. The molecular weight excluding hydrogens is 456 g/mol. The van der Waals surface area contributed by atoms with Gasteiger partial charge in [0.25, 0.3) is 5.91 Å². The van der Waals surface area contributed by atoms with Gasteiger partial charge in [-0.1, -0.05) is 12.1 Å². The molecule has 36 heavy (non-hydrogen) atoms. The molecule has 0 spiro atoms. The van der Waals surface area contributed by atoms with Crippen LogP contribution >= 0.6 is 0 Å². The van der Waals surface area contributed by atoms with Crippen LogP contribution in [0.4, 0.5) is 5.69 Å². The Morgan fingerprint density at radius 3 is 2.64 bits per heavy atom. The van der Waals surface area contributed by atoms with Gasteiger partial charge in [-0.25, -0.2) is 9.97 Å². The van der Waals surface area contributed by atoms with Crippen LogP contribution in [-0.4, -0.2) is 40.2 Å². The van der Waals surface area contributed by atoms with E-state index < -0.39 is 0 Å². The number of aryl methyl sites for hydroxylation is 1. The minimum atomic E-state index is -0.279. The fourth-order valence-electron chi connectivity index (χ4n) is 4.06. The molecule has 0 unspecified atom stereocenters. The van der Waals surface area contributed by atoms with Gasteiger partial charge in [0.2, 0.25) is 5.88 Å². The van der Waals surface area contributed by atoms with Crippen LogP contribution in [-0.2, 0) is 0 Å². The molecule has 0 fully saturated rings. The normalized spacial score (nSPS) is 10.9. The number of phenols is 1. The quantitative estimate of drug-likeness (QED) is 0.293. The van der Waals surface area contributed by atoms with Gasteiger partial charge in [0, 0.05) is 17.3 Å². The highest BCUT2D eigenvalue weighted by Crippen LogP contribution is 2.36. The number of imidazole rings is 1. The van der Waals surface area contributed by atoms with Crippen molar-refractivity contribution < 1.29 is 19.4 Å². The maximum atomic E-state index is 13.0. The van der Waals surface area contributed by atoms with Gasteiger partial charge in [-0.05, 0) is 72.6 Å². The highest BCUT2D eigenvalue weighted by molar-refractivity contribution is 6.06. The number of benzene rings is 3. The molecular formula is C28H24N4O4. The van der Waals surface area contributed by atoms with Crippen molar-refractivity contribution >= 4 is 22.6 Å². The fourth-order valence-corrected chi connectivity index (χ4v) is 4.06. The molecule has 3 N–H and O–H groups in total. The zero-order valence-corrected chi connectivity index (χ0v) is 20.0. The number of aromatic hydroxyl groups is 1. The highest BCUT2D eigenvalue weighted by atomic mass is 16.5. The number of hydrogen-bond acceptors (Lipinski definition) is 6. The van der Waals surface area contributed by atoms with Crippen molar-refractivity contribution in [3.8, 4) is 39.9 Å². The lowest BCUT2D eigenvalue weighted by Crippen LogP contribution is -2.12. The summed E-state index contributed by atoms with van der Waals surface area (Å²) in [6.07, 6.45) is 1.66. The topological polar surface area (TPSA) is 109 Å². The van der Waals surface area contributed by atoms with Crippen molar-refractivity contribution in [1.29, 1.82) is 0 Å². The van der Waals surface area contributed by atoms with E-state index in [4.69, 9.17) is 9.47 Å². The molecule has 8 heteroatoms. The molecule has 0 aliphatic heterocycles. The van der Waals surface area contributed by atoms with E-state index in [9.17, 15) is 9.90 Å². The third-order valence-electron chi connectivity index (χ3n) is 5.88. The second-order valence-electron chi connectivity index (χ2n) is 8.27. The molecule has 8 nitrogen and oxygen atoms in total. The number of aromatic nitrogens is 3. The van der Waals surface area contributed by atoms with E-state index in [2.05, 4.69) is 20.3 Å². The zero-order valence-electron chi connectivity index (χ0n) is 20.0. The van der Waals surface area contributed by atoms with Gasteiger partial charge in [-0.3, -0.25) is 4.79 Å². The van der Waals surface area contributed by atoms with Gasteiger partial charge >= 0.3 is 0 Å². The molecule has 180 valence electrons. The van der Waals surface area contributed by atoms with E-state index in [0.717, 1.165) is 22.2 Å². The van der Waals surface area contributed by atoms with Gasteiger partial charge in [0.1, 0.15) is 17.3 Å². The summed E-state index contributed by atoms with van der Waals surface area (Å²) in [5.41, 5.74) is 5.51. The van der Waals surface area contributed by atoms with Crippen molar-refractivity contribution in [2.45, 2.75) is 6.92 Å². The molecule has 0 saturated carbocycles. The van der Waals surface area contributed by atoms with Crippen LogP contribution in [0.15, 0.2) is 72.9 Å². The van der Waals surface area contributed by atoms with E-state index in [1.165, 1.54) is 0 Å². The summed E-state index contributed by atoms with van der Waals surface area (Å²) in [6.45, 7) is 1.95. The molecule has 2 heterocycles. The fraction of sp³-hybridized carbons (Fsp3) is 0.107. The number of rotatable bonds is 6. The first-order valence-corrected chi connectivity index (χ1v) is 11.3. The predicted molar refractivity (Wildman–Crippen MR) is 139 cm³/mol. The first kappa shape index (κ1) is 22.9. The number of carbonyl (C=O) groups is 1. The molecule has 0 saturated heterocycles. The van der Waals surface area contributed by atoms with E-state index in [1.807, 2.05) is 43.3 Å². The van der Waals surface area contributed by atoms with Crippen LogP contribution in [0.3, 0.4) is 0 Å². The van der Waals surface area contributed by atoms with Crippen LogP contribution < -0.4 is 14.8 Å². The Kier molecular flexibility index (Phi) is 6.00. The number of methoxy groups -OCH3 is 2. The summed E-state index contributed by atoms with van der Waals surface area (Å²) in [4.78, 5) is 25.1. The Morgan fingerprint density at radius 1 is 0.972 bits per heavy atom. The van der Waals surface area contributed by atoms with Gasteiger partial charge in [-0.2, -0.15) is 0 Å². The number of H-pyrrole nitrogens is 1. The largest absolute Gasteiger partial charge is 0.507 e. The number of amides is 1. The molecule has 0 atom stereocenters. The van der Waals surface area contributed by atoms with Crippen LogP contribution in [0, 0.1) is 6.92 Å². The standard InChI is InChI=1S/C28H24N4O4/c1-16-6-11-25(35-2)23(13-16)32-27(34)18-7-9-21-22(15-18)31-26(30-21)20-14-17(8-10-24(20)33)19-5-4-12-29-28(19)36-3/h4-15,33H,1-3H3,(H,30,31)(H,32,34). The van der Waals surface area contributed by atoms with E-state index in [0.29, 0.717) is 39.8 Å². The monoisotopic (exact) mass is 480 g/mol. The summed E-state index contributed by atoms with van der Waals surface area (Å²) in [5, 5.41) is 13.5. The first-order chi connectivity index (χ1) is 17.5. The average Bonchev–Trinajstić information content (AvgIpc) is 3.32. The smallest absolute Gasteiger partial charge is 0.255 e. The number of ether oxygens (including phenoxy) is 2. The zero-order chi connectivity index (χ0) is 25.2. The van der Waals surface area contributed by atoms with Crippen molar-refractivity contribution in [2.24, 2.45) is 0 Å². The van der Waals surface area contributed by atoms with Crippen LogP contribution in [0.25, 0.3) is 33.5 Å². The molecule has 0 aliphatic carbocycles. The van der Waals surface area contributed by atoms with E-state index in [1.54, 1.807) is 50.7 Å². The van der Waals surface area contributed by atoms with Gasteiger partial charge < -0.3 is 24.9 Å². The number of anilines is 1. The van der Waals surface area contributed by atoms with Crippen LogP contribution in [0.2, 0.25) is 0 Å². The van der Waals surface area contributed by atoms with Gasteiger partial charge in [-0.15, -0.1) is 0 Å². The van der Waals surface area contributed by atoms with Crippen molar-refractivity contribution in [3.05, 3.63) is 84.1 Å². The molecule has 3 aromatic carbocycles. The molecule has 0 radical (unpaired) electrons. The Hall–Kier alpha value is -4.85. The minimum absolute atomic E-state index is 0.0742. The second kappa shape index (κ2) is 9.42. The summed E-state index contributed by atoms with van der Waals surface area (Å²) in [7, 11) is 3.13. The first-order valence-electron chi connectivity index (χ1n) is 11.3. The summed E-state index contributed by atoms with van der Waals surface area (Å²) in [6, 6.07) is 19.8. The minimum Gasteiger partial charge on any atom is -0.507 e. The van der Waals surface area contributed by atoms with E-state index in [-0.39, 0.29) is 11.7 Å². The lowest BCUT2D eigenvalue weighted by molar-refractivity contribution is 0.102. The Labute approximate surface area is 207 Å². The SMILES string of the molecule is COc1ccc(C)cc1NC(=O)c1ccc2[nH]c(-c3cc(-c4cccnc4OC)ccc3O)nc2c1. The molecule has 1 amide bonds. The van der Waals surface area contributed by atoms with Crippen molar-refractivity contribution in [3.63, 3.8) is 0 Å². The predicted octanol–water partition coefficient (Wildman–Crippen LogP) is 5.58. The molecule has 0 aliphatic rings. The summed E-state index contributed by atoms with van der Waals surface area (Å²) in [5.74, 6) is 1.34. The third kappa shape index (κ3) is 4.32. The number of carbonyl (C=O) groups excluding carboxylic acids is 1. The summed E-state index contributed by atoms with van der Waals surface area (Å²) >= 11 is 0. The lowest BCUT2D eigenvalue weighted by atomic mass is 10.0. The maximum Gasteiger partial charge on any atom is 0.255 e. The number of fused-ring (bicyclic) bond motifs is 1. The number of phenolic OH excluding ortho intramolecular Hbond substituents is 1. The molecule has 5 aromatic rings. The Bertz CT molecular complexity index is 1590. The third-order valence-corrected chi connectivity index (χ3v) is 5.88. The molecule has 0 bridgehead atoms. The van der Waals surface area contributed by atoms with Crippen LogP contribution in [0.5, 0.6) is 17.4 Å². The van der Waals surface area contributed by atoms with Crippen molar-refractivity contribution in [2.75, 3.05) is 19.5 Å². The second-order valence-corrected chi connectivity index (χ2v) is 8.27. The number of pyridine rings is 1. The number of hydrogen-bond donors (Lipinski definition) is 3. The number of nitrogens with one attached hydrogen (secondary N) is 2. The maximum absolute atomic E-state index is 13.0. The van der Waals surface area contributed by atoms with E-state index >= 15 is 0 Å². The lowest BCUT2D eigenvalue weighted by Gasteiger charge is -2.11. The Balaban J connectivity index is 1.48. The number of aromatic amines is 1. The van der Waals surface area contributed by atoms with Gasteiger partial charge in [0.15, 0.2) is 0 Å². The summed E-state index contributed by atoms with van der Waals surface area (Å²) < 4.78 is 10.7. The average molecular weight is 481 g/mol. The molecule has 2 aromatic heterocycles. The molecule has 5 rings (SSSR count). The van der Waals surface area contributed by atoms with Crippen LogP contribution in [0.1, 0.15) is 15.9 Å². The van der Waals surface area contributed by atoms with Gasteiger partial charge in [0.05, 0.1) is 36.5 Å². The number of nitrogens with zero attached hydrogens (tertiary/aromatic N) is 2. The highest BCUT2D eigenvalue weighted by Gasteiger charge is 2.16.